The Bertz CT molecular complexity index is 1610. The zero-order valence-corrected chi connectivity index (χ0v) is 20.8. The van der Waals surface area contributed by atoms with Crippen LogP contribution in [-0.2, 0) is 9.53 Å². The van der Waals surface area contributed by atoms with Gasteiger partial charge in [-0.2, -0.15) is 0 Å². The van der Waals surface area contributed by atoms with Gasteiger partial charge in [-0.05, 0) is 67.4 Å². The van der Waals surface area contributed by atoms with Gasteiger partial charge < -0.3 is 9.47 Å². The quantitative estimate of drug-likeness (QED) is 0.292. The molecule has 1 N–H and O–H groups in total. The van der Waals surface area contributed by atoms with Gasteiger partial charge in [0, 0.05) is 10.9 Å². The monoisotopic (exact) mass is 497 g/mol. The largest absolute Gasteiger partial charge is 0.497 e. The van der Waals surface area contributed by atoms with E-state index in [9.17, 15) is 9.59 Å². The number of rotatable bonds is 6. The molecule has 1 amide bonds. The van der Waals surface area contributed by atoms with E-state index >= 15 is 0 Å². The Morgan fingerprint density at radius 2 is 1.75 bits per heavy atom. The van der Waals surface area contributed by atoms with Gasteiger partial charge in [-0.25, -0.2) is 14.8 Å². The molecule has 0 unspecified atom stereocenters. The maximum absolute atomic E-state index is 13.1. The van der Waals surface area contributed by atoms with Gasteiger partial charge >= 0.3 is 5.97 Å². The number of amides is 1. The van der Waals surface area contributed by atoms with E-state index in [0.29, 0.717) is 27.3 Å². The van der Waals surface area contributed by atoms with Crippen molar-refractivity contribution in [1.82, 2.24) is 9.97 Å². The number of pyridine rings is 1. The van der Waals surface area contributed by atoms with Crippen molar-refractivity contribution in [1.29, 1.82) is 0 Å². The number of nitrogens with one attached hydrogen (secondary N) is 1. The number of thiazole rings is 1. The van der Waals surface area contributed by atoms with Crippen LogP contribution < -0.4 is 10.1 Å². The summed E-state index contributed by atoms with van der Waals surface area (Å²) in [5.74, 6) is -0.330. The van der Waals surface area contributed by atoms with Crippen LogP contribution >= 0.6 is 11.3 Å². The fourth-order valence-corrected chi connectivity index (χ4v) is 5.10. The number of aryl methyl sites for hydroxylation is 2. The second-order valence-electron chi connectivity index (χ2n) is 8.37. The molecule has 0 saturated heterocycles. The zero-order valence-electron chi connectivity index (χ0n) is 20.0. The molecule has 5 aromatic rings. The molecule has 5 rings (SSSR count). The molecule has 2 aromatic heterocycles. The lowest BCUT2D eigenvalue weighted by atomic mass is 10.0. The van der Waals surface area contributed by atoms with Gasteiger partial charge in [0.1, 0.15) is 5.75 Å². The number of benzene rings is 3. The summed E-state index contributed by atoms with van der Waals surface area (Å²) in [4.78, 5) is 34.8. The summed E-state index contributed by atoms with van der Waals surface area (Å²) in [5.41, 5.74) is 5.47. The molecule has 7 nitrogen and oxygen atoms in total. The van der Waals surface area contributed by atoms with Crippen LogP contribution in [0.2, 0.25) is 0 Å². The van der Waals surface area contributed by atoms with Crippen molar-refractivity contribution in [3.8, 4) is 17.0 Å². The first kappa shape index (κ1) is 23.4. The van der Waals surface area contributed by atoms with Crippen molar-refractivity contribution in [2.75, 3.05) is 19.0 Å². The highest BCUT2D eigenvalue weighted by Crippen LogP contribution is 2.30. The van der Waals surface area contributed by atoms with E-state index in [1.165, 1.54) is 11.3 Å². The Morgan fingerprint density at radius 1 is 0.972 bits per heavy atom. The second kappa shape index (κ2) is 9.75. The molecule has 0 saturated carbocycles. The van der Waals surface area contributed by atoms with Crippen molar-refractivity contribution >= 4 is 49.5 Å². The van der Waals surface area contributed by atoms with Crippen LogP contribution in [0.15, 0.2) is 66.7 Å². The van der Waals surface area contributed by atoms with Crippen molar-refractivity contribution in [2.45, 2.75) is 13.8 Å². The molecule has 3 aromatic carbocycles. The molecule has 0 radical (unpaired) electrons. The number of ether oxygens (including phenoxy) is 2. The minimum absolute atomic E-state index is 0.338. The van der Waals surface area contributed by atoms with Crippen LogP contribution in [0.1, 0.15) is 21.5 Å². The summed E-state index contributed by atoms with van der Waals surface area (Å²) in [5, 5.41) is 3.86. The number of carbonyl (C=O) groups excluding carboxylic acids is 2. The third-order valence-corrected chi connectivity index (χ3v) is 6.65. The fraction of sp³-hybridized carbons (Fsp3) is 0.143. The average Bonchev–Trinajstić information content (AvgIpc) is 3.29. The Hall–Kier alpha value is -4.30. The lowest BCUT2D eigenvalue weighted by Gasteiger charge is -2.10. The SMILES string of the molecule is COc1ccc(-c2cc(C(=O)OCC(=O)Nc3nc4c(C)cc(C)cc4s3)c3ccccc3n2)cc1. The lowest BCUT2D eigenvalue weighted by Crippen LogP contribution is -2.21. The minimum atomic E-state index is -0.603. The van der Waals surface area contributed by atoms with Crippen molar-refractivity contribution < 1.29 is 19.1 Å². The van der Waals surface area contributed by atoms with Crippen LogP contribution in [0.3, 0.4) is 0 Å². The molecule has 0 aliphatic carbocycles. The van der Waals surface area contributed by atoms with E-state index in [1.807, 2.05) is 68.4 Å². The summed E-state index contributed by atoms with van der Waals surface area (Å²) >= 11 is 1.39. The van der Waals surface area contributed by atoms with Crippen molar-refractivity contribution in [3.05, 3.63) is 83.4 Å². The number of hydrogen-bond acceptors (Lipinski definition) is 7. The standard InChI is InChI=1S/C28H23N3O4S/c1-16-12-17(2)26-24(13-16)36-28(31-26)30-25(32)15-35-27(33)21-14-23(18-8-10-19(34-3)11-9-18)29-22-7-5-4-6-20(21)22/h4-14H,15H2,1-3H3,(H,30,31,32). The Morgan fingerprint density at radius 3 is 2.53 bits per heavy atom. The highest BCUT2D eigenvalue weighted by molar-refractivity contribution is 7.22. The molecule has 180 valence electrons. The van der Waals surface area contributed by atoms with Crippen LogP contribution in [0.4, 0.5) is 5.13 Å². The molecule has 0 bridgehead atoms. The topological polar surface area (TPSA) is 90.4 Å². The number of aromatic nitrogens is 2. The van der Waals surface area contributed by atoms with E-state index < -0.39 is 18.5 Å². The second-order valence-corrected chi connectivity index (χ2v) is 9.40. The smallest absolute Gasteiger partial charge is 0.339 e. The zero-order chi connectivity index (χ0) is 25.2. The summed E-state index contributed by atoms with van der Waals surface area (Å²) in [6, 6.07) is 20.5. The summed E-state index contributed by atoms with van der Waals surface area (Å²) in [6.45, 7) is 3.58. The van der Waals surface area contributed by atoms with Crippen molar-refractivity contribution in [3.63, 3.8) is 0 Å². The molecular formula is C28H23N3O4S. The van der Waals surface area contributed by atoms with E-state index in [-0.39, 0.29) is 0 Å². The number of nitrogens with zero attached hydrogens (tertiary/aromatic N) is 2. The lowest BCUT2D eigenvalue weighted by molar-refractivity contribution is -0.119. The van der Waals surface area contributed by atoms with Gasteiger partial charge in [0.2, 0.25) is 0 Å². The Kier molecular flexibility index (Phi) is 6.35. The summed E-state index contributed by atoms with van der Waals surface area (Å²) in [7, 11) is 1.60. The molecule has 0 atom stereocenters. The number of hydrogen-bond donors (Lipinski definition) is 1. The van der Waals surface area contributed by atoms with Crippen LogP contribution in [-0.4, -0.2) is 35.6 Å². The van der Waals surface area contributed by atoms with Gasteiger partial charge in [0.25, 0.3) is 5.91 Å². The van der Waals surface area contributed by atoms with Gasteiger partial charge in [0.05, 0.1) is 34.1 Å². The molecular weight excluding hydrogens is 474 g/mol. The maximum atomic E-state index is 13.1. The highest BCUT2D eigenvalue weighted by Gasteiger charge is 2.17. The van der Waals surface area contributed by atoms with Crippen LogP contribution in [0.5, 0.6) is 5.75 Å². The van der Waals surface area contributed by atoms with Gasteiger partial charge in [0.15, 0.2) is 11.7 Å². The minimum Gasteiger partial charge on any atom is -0.497 e. The number of para-hydroxylation sites is 1. The normalized spacial score (nSPS) is 11.0. The number of fused-ring (bicyclic) bond motifs is 2. The number of anilines is 1. The first-order chi connectivity index (χ1) is 17.4. The van der Waals surface area contributed by atoms with Gasteiger partial charge in [-0.15, -0.1) is 0 Å². The Balaban J connectivity index is 1.35. The third kappa shape index (κ3) is 4.76. The van der Waals surface area contributed by atoms with E-state index in [0.717, 1.165) is 32.7 Å². The van der Waals surface area contributed by atoms with Crippen molar-refractivity contribution in [2.24, 2.45) is 0 Å². The van der Waals surface area contributed by atoms with E-state index in [2.05, 4.69) is 16.4 Å². The predicted octanol–water partition coefficient (Wildman–Crippen LogP) is 5.93. The molecule has 0 spiro atoms. The van der Waals surface area contributed by atoms with Gasteiger partial charge in [-0.1, -0.05) is 35.6 Å². The van der Waals surface area contributed by atoms with Gasteiger partial charge in [-0.3, -0.25) is 10.1 Å². The molecule has 36 heavy (non-hydrogen) atoms. The highest BCUT2D eigenvalue weighted by atomic mass is 32.1. The first-order valence-electron chi connectivity index (χ1n) is 11.3. The Labute approximate surface area is 211 Å². The van der Waals surface area contributed by atoms with E-state index in [4.69, 9.17) is 14.5 Å². The number of methoxy groups -OCH3 is 1. The molecule has 8 heteroatoms. The molecule has 0 aliphatic heterocycles. The first-order valence-corrected chi connectivity index (χ1v) is 12.1. The number of carbonyl (C=O) groups is 2. The van der Waals surface area contributed by atoms with Crippen LogP contribution in [0, 0.1) is 13.8 Å². The van der Waals surface area contributed by atoms with Crippen LogP contribution in [0.25, 0.3) is 32.4 Å². The third-order valence-electron chi connectivity index (χ3n) is 5.73. The summed E-state index contributed by atoms with van der Waals surface area (Å²) < 4.78 is 11.6. The predicted molar refractivity (Wildman–Crippen MR) is 142 cm³/mol. The fourth-order valence-electron chi connectivity index (χ4n) is 4.04. The maximum Gasteiger partial charge on any atom is 0.339 e. The summed E-state index contributed by atoms with van der Waals surface area (Å²) in [6.07, 6.45) is 0. The average molecular weight is 498 g/mol. The van der Waals surface area contributed by atoms with E-state index in [1.54, 1.807) is 13.2 Å². The molecule has 2 heterocycles. The molecule has 0 fully saturated rings. The molecule has 0 aliphatic rings. The number of esters is 1.